The van der Waals surface area contributed by atoms with Crippen LogP contribution in [0.25, 0.3) is 0 Å². The van der Waals surface area contributed by atoms with Crippen molar-refractivity contribution < 1.29 is 26.3 Å². The molecule has 1 nitrogen and oxygen atoms in total. The number of alkyl halides is 6. The van der Waals surface area contributed by atoms with Gasteiger partial charge < -0.3 is 0 Å². The normalized spacial score (nSPS) is 15.2. The van der Waals surface area contributed by atoms with Crippen LogP contribution in [0.4, 0.5) is 26.3 Å². The standard InChI is InChI=1S/C19H19F6N/c1-12(14-7-5-4-6-8-14)26(3)13(2)15-9-16(18(20,21)22)11-17(10-15)19(23,24)25/h4-13H,1-3H3. The SMILES string of the molecule is CC(c1ccccc1)N(C)C(C)c1cc(C(F)(F)F)cc(C(F)(F)F)c1. The van der Waals surface area contributed by atoms with Crippen molar-refractivity contribution in [2.24, 2.45) is 0 Å². The highest BCUT2D eigenvalue weighted by molar-refractivity contribution is 5.35. The summed E-state index contributed by atoms with van der Waals surface area (Å²) >= 11 is 0. The molecule has 0 aromatic heterocycles. The number of hydrogen-bond donors (Lipinski definition) is 0. The van der Waals surface area contributed by atoms with Crippen LogP contribution in [0.1, 0.15) is 48.2 Å². The van der Waals surface area contributed by atoms with Crippen molar-refractivity contribution in [3.05, 3.63) is 70.8 Å². The molecule has 0 fully saturated rings. The highest BCUT2D eigenvalue weighted by Gasteiger charge is 2.37. The minimum atomic E-state index is -4.85. The largest absolute Gasteiger partial charge is 0.416 e. The Kier molecular flexibility index (Phi) is 5.70. The maximum absolute atomic E-state index is 13.0. The van der Waals surface area contributed by atoms with Crippen LogP contribution >= 0.6 is 0 Å². The third-order valence-corrected chi connectivity index (χ3v) is 4.60. The molecule has 2 aromatic carbocycles. The van der Waals surface area contributed by atoms with Crippen LogP contribution in [0, 0.1) is 0 Å². The summed E-state index contributed by atoms with van der Waals surface area (Å²) in [6.07, 6.45) is -9.70. The van der Waals surface area contributed by atoms with E-state index in [4.69, 9.17) is 0 Å². The lowest BCUT2D eigenvalue weighted by molar-refractivity contribution is -0.143. The number of rotatable bonds is 4. The summed E-state index contributed by atoms with van der Waals surface area (Å²) in [6, 6.07) is 10.1. The molecule has 2 atom stereocenters. The molecule has 0 spiro atoms. The first-order chi connectivity index (χ1) is 11.9. The topological polar surface area (TPSA) is 3.24 Å². The minimum absolute atomic E-state index is 0.0302. The van der Waals surface area contributed by atoms with E-state index < -0.39 is 29.5 Å². The van der Waals surface area contributed by atoms with E-state index in [0.29, 0.717) is 0 Å². The van der Waals surface area contributed by atoms with Gasteiger partial charge in [-0.2, -0.15) is 26.3 Å². The monoisotopic (exact) mass is 375 g/mol. The van der Waals surface area contributed by atoms with Crippen molar-refractivity contribution in [3.63, 3.8) is 0 Å². The molecule has 0 amide bonds. The lowest BCUT2D eigenvalue weighted by Crippen LogP contribution is -2.26. The van der Waals surface area contributed by atoms with Crippen molar-refractivity contribution >= 4 is 0 Å². The summed E-state index contributed by atoms with van der Waals surface area (Å²) in [7, 11) is 1.68. The molecule has 0 aliphatic carbocycles. The maximum atomic E-state index is 13.0. The molecule has 0 saturated carbocycles. The molecule has 26 heavy (non-hydrogen) atoms. The second kappa shape index (κ2) is 7.31. The Morgan fingerprint density at radius 1 is 0.692 bits per heavy atom. The highest BCUT2D eigenvalue weighted by atomic mass is 19.4. The van der Waals surface area contributed by atoms with E-state index in [9.17, 15) is 26.3 Å². The van der Waals surface area contributed by atoms with Crippen molar-refractivity contribution in [1.82, 2.24) is 4.90 Å². The molecule has 0 bridgehead atoms. The van der Waals surface area contributed by atoms with Gasteiger partial charge in [-0.3, -0.25) is 4.90 Å². The van der Waals surface area contributed by atoms with E-state index in [-0.39, 0.29) is 17.7 Å². The van der Waals surface area contributed by atoms with Crippen molar-refractivity contribution in [2.45, 2.75) is 38.3 Å². The Labute approximate surface area is 148 Å². The average molecular weight is 375 g/mol. The Hall–Kier alpha value is -2.02. The molecule has 2 aromatic rings. The van der Waals surface area contributed by atoms with E-state index in [1.807, 2.05) is 37.3 Å². The Morgan fingerprint density at radius 2 is 1.12 bits per heavy atom. The van der Waals surface area contributed by atoms with Crippen molar-refractivity contribution in [1.29, 1.82) is 0 Å². The number of benzene rings is 2. The fraction of sp³-hybridized carbons (Fsp3) is 0.368. The third-order valence-electron chi connectivity index (χ3n) is 4.60. The summed E-state index contributed by atoms with van der Waals surface area (Å²) < 4.78 is 78.3. The molecular weight excluding hydrogens is 356 g/mol. The molecule has 2 rings (SSSR count). The fourth-order valence-electron chi connectivity index (χ4n) is 2.76. The molecule has 0 radical (unpaired) electrons. The van der Waals surface area contributed by atoms with E-state index in [2.05, 4.69) is 0 Å². The fourth-order valence-corrected chi connectivity index (χ4v) is 2.76. The number of hydrogen-bond acceptors (Lipinski definition) is 1. The molecule has 0 heterocycles. The molecule has 7 heteroatoms. The third kappa shape index (κ3) is 4.58. The molecule has 0 aliphatic rings. The Balaban J connectivity index is 2.42. The van der Waals surface area contributed by atoms with Gasteiger partial charge in [0.2, 0.25) is 0 Å². The van der Waals surface area contributed by atoms with Gasteiger partial charge >= 0.3 is 12.4 Å². The van der Waals surface area contributed by atoms with Gasteiger partial charge in [-0.05, 0) is 50.2 Å². The quantitative estimate of drug-likeness (QED) is 0.553. The van der Waals surface area contributed by atoms with Crippen molar-refractivity contribution in [3.8, 4) is 0 Å². The first-order valence-corrected chi connectivity index (χ1v) is 7.97. The summed E-state index contributed by atoms with van der Waals surface area (Å²) in [5.74, 6) is 0. The Bertz CT molecular complexity index is 704. The summed E-state index contributed by atoms with van der Waals surface area (Å²) in [4.78, 5) is 1.74. The molecule has 2 unspecified atom stereocenters. The van der Waals surface area contributed by atoms with Gasteiger partial charge in [0.15, 0.2) is 0 Å². The number of halogens is 6. The van der Waals surface area contributed by atoms with E-state index in [0.717, 1.165) is 17.7 Å². The van der Waals surface area contributed by atoms with Crippen LogP contribution in [0.5, 0.6) is 0 Å². The van der Waals surface area contributed by atoms with Crippen LogP contribution in [0.15, 0.2) is 48.5 Å². The highest BCUT2D eigenvalue weighted by Crippen LogP contribution is 2.39. The van der Waals surface area contributed by atoms with Crippen LogP contribution in [0.2, 0.25) is 0 Å². The van der Waals surface area contributed by atoms with Crippen LogP contribution in [0.3, 0.4) is 0 Å². The van der Waals surface area contributed by atoms with Gasteiger partial charge in [-0.15, -0.1) is 0 Å². The predicted molar refractivity (Wildman–Crippen MR) is 87.5 cm³/mol. The molecule has 142 valence electrons. The number of nitrogens with zero attached hydrogens (tertiary/aromatic N) is 1. The molecule has 0 N–H and O–H groups in total. The van der Waals surface area contributed by atoms with Crippen LogP contribution in [-0.4, -0.2) is 11.9 Å². The van der Waals surface area contributed by atoms with Gasteiger partial charge in [0.05, 0.1) is 11.1 Å². The summed E-state index contributed by atoms with van der Waals surface area (Å²) in [5.41, 5.74) is -1.70. The van der Waals surface area contributed by atoms with E-state index in [1.165, 1.54) is 0 Å². The zero-order chi connectivity index (χ0) is 19.7. The first-order valence-electron chi connectivity index (χ1n) is 7.97. The van der Waals surface area contributed by atoms with Crippen molar-refractivity contribution in [2.75, 3.05) is 7.05 Å². The second-order valence-corrected chi connectivity index (χ2v) is 6.27. The zero-order valence-electron chi connectivity index (χ0n) is 14.5. The lowest BCUT2D eigenvalue weighted by Gasteiger charge is -2.32. The predicted octanol–water partition coefficient (Wildman–Crippen LogP) is 6.48. The van der Waals surface area contributed by atoms with Crippen LogP contribution < -0.4 is 0 Å². The van der Waals surface area contributed by atoms with Gasteiger partial charge in [0, 0.05) is 12.1 Å². The van der Waals surface area contributed by atoms with E-state index in [1.54, 1.807) is 18.9 Å². The van der Waals surface area contributed by atoms with E-state index >= 15 is 0 Å². The van der Waals surface area contributed by atoms with Gasteiger partial charge in [0.25, 0.3) is 0 Å². The van der Waals surface area contributed by atoms with Gasteiger partial charge in [0.1, 0.15) is 0 Å². The van der Waals surface area contributed by atoms with Gasteiger partial charge in [-0.1, -0.05) is 30.3 Å². The second-order valence-electron chi connectivity index (χ2n) is 6.27. The molecule has 0 aliphatic heterocycles. The van der Waals surface area contributed by atoms with Gasteiger partial charge in [-0.25, -0.2) is 0 Å². The molecule has 0 saturated heterocycles. The lowest BCUT2D eigenvalue weighted by atomic mass is 9.97. The minimum Gasteiger partial charge on any atom is -0.293 e. The average Bonchev–Trinajstić information content (AvgIpc) is 2.58. The summed E-state index contributed by atoms with van der Waals surface area (Å²) in [6.45, 7) is 3.44. The zero-order valence-corrected chi connectivity index (χ0v) is 14.5. The summed E-state index contributed by atoms with van der Waals surface area (Å²) in [5, 5.41) is 0. The Morgan fingerprint density at radius 3 is 1.54 bits per heavy atom. The smallest absolute Gasteiger partial charge is 0.293 e. The maximum Gasteiger partial charge on any atom is 0.416 e. The molecular formula is C19H19F6N. The first kappa shape index (κ1) is 20.3. The van der Waals surface area contributed by atoms with Crippen LogP contribution in [-0.2, 0) is 12.4 Å².